The molecule has 11 heteroatoms. The molecule has 158 valence electrons. The standard InChI is InChI=1S/C19H19Cl2N5O4/c1-8(2)11-7-14(23-24-17(11)27)30-16-12(20)5-10(6-13(16)21)26-19(29)22-18(28)15(25-26)9(3)4/h5-9H,1-4H3,(H,24,27)(H,22,28,29). The number of benzene rings is 1. The lowest BCUT2D eigenvalue weighted by molar-refractivity contribution is 0.452. The molecule has 0 amide bonds. The highest BCUT2D eigenvalue weighted by Crippen LogP contribution is 2.37. The van der Waals surface area contributed by atoms with Gasteiger partial charge in [-0.15, -0.1) is 5.10 Å². The Morgan fingerprint density at radius 1 is 0.967 bits per heavy atom. The third kappa shape index (κ3) is 4.31. The van der Waals surface area contributed by atoms with Crippen molar-refractivity contribution in [2.75, 3.05) is 0 Å². The molecule has 0 unspecified atom stereocenters. The molecule has 0 atom stereocenters. The summed E-state index contributed by atoms with van der Waals surface area (Å²) in [4.78, 5) is 38.2. The first-order valence-electron chi connectivity index (χ1n) is 9.09. The fourth-order valence-corrected chi connectivity index (χ4v) is 3.27. The normalized spacial score (nSPS) is 11.3. The molecule has 3 aromatic rings. The monoisotopic (exact) mass is 451 g/mol. The fourth-order valence-electron chi connectivity index (χ4n) is 2.72. The van der Waals surface area contributed by atoms with Gasteiger partial charge in [0, 0.05) is 17.5 Å². The summed E-state index contributed by atoms with van der Waals surface area (Å²) in [5.74, 6) is -0.0365. The Balaban J connectivity index is 2.05. The van der Waals surface area contributed by atoms with Crippen molar-refractivity contribution in [1.82, 2.24) is 25.0 Å². The Labute approximate surface area is 180 Å². The van der Waals surface area contributed by atoms with E-state index in [2.05, 4.69) is 20.3 Å². The van der Waals surface area contributed by atoms with E-state index in [1.807, 2.05) is 13.8 Å². The average Bonchev–Trinajstić information content (AvgIpc) is 2.65. The van der Waals surface area contributed by atoms with Crippen LogP contribution < -0.4 is 21.5 Å². The largest absolute Gasteiger partial charge is 0.434 e. The highest BCUT2D eigenvalue weighted by Gasteiger charge is 2.17. The van der Waals surface area contributed by atoms with Crippen LogP contribution in [0.1, 0.15) is 50.8 Å². The van der Waals surface area contributed by atoms with E-state index in [-0.39, 0.29) is 50.5 Å². The quantitative estimate of drug-likeness (QED) is 0.612. The number of ether oxygens (including phenoxy) is 1. The van der Waals surface area contributed by atoms with Crippen molar-refractivity contribution in [3.63, 3.8) is 0 Å². The maximum atomic E-state index is 12.2. The zero-order chi connectivity index (χ0) is 22.2. The average molecular weight is 452 g/mol. The van der Waals surface area contributed by atoms with Crippen molar-refractivity contribution in [1.29, 1.82) is 0 Å². The van der Waals surface area contributed by atoms with Crippen molar-refractivity contribution in [3.05, 3.63) is 70.7 Å². The second-order valence-corrected chi connectivity index (χ2v) is 8.01. The summed E-state index contributed by atoms with van der Waals surface area (Å²) in [6.07, 6.45) is 0. The summed E-state index contributed by atoms with van der Waals surface area (Å²) in [6.45, 7) is 7.30. The Kier molecular flexibility index (Phi) is 6.14. The summed E-state index contributed by atoms with van der Waals surface area (Å²) >= 11 is 12.7. The van der Waals surface area contributed by atoms with Crippen LogP contribution in [0.5, 0.6) is 11.6 Å². The molecule has 0 radical (unpaired) electrons. The summed E-state index contributed by atoms with van der Waals surface area (Å²) < 4.78 is 6.68. The van der Waals surface area contributed by atoms with E-state index < -0.39 is 11.2 Å². The van der Waals surface area contributed by atoms with Crippen molar-refractivity contribution < 1.29 is 4.74 Å². The van der Waals surface area contributed by atoms with Gasteiger partial charge in [0.05, 0.1) is 15.7 Å². The second-order valence-electron chi connectivity index (χ2n) is 7.20. The Hall–Kier alpha value is -2.91. The number of nitrogens with one attached hydrogen (secondary N) is 2. The maximum absolute atomic E-state index is 12.2. The number of aromatic amines is 2. The van der Waals surface area contributed by atoms with Gasteiger partial charge in [0.15, 0.2) is 5.75 Å². The molecule has 0 fully saturated rings. The van der Waals surface area contributed by atoms with Crippen LogP contribution in [0.15, 0.2) is 32.6 Å². The molecule has 0 aliphatic carbocycles. The van der Waals surface area contributed by atoms with Gasteiger partial charge in [-0.1, -0.05) is 50.9 Å². The third-order valence-electron chi connectivity index (χ3n) is 4.27. The van der Waals surface area contributed by atoms with Crippen LogP contribution >= 0.6 is 23.2 Å². The van der Waals surface area contributed by atoms with E-state index in [4.69, 9.17) is 27.9 Å². The lowest BCUT2D eigenvalue weighted by atomic mass is 10.1. The zero-order valence-electron chi connectivity index (χ0n) is 16.6. The maximum Gasteiger partial charge on any atom is 0.349 e. The van der Waals surface area contributed by atoms with E-state index in [9.17, 15) is 14.4 Å². The van der Waals surface area contributed by atoms with Crippen LogP contribution in [0, 0.1) is 0 Å². The number of nitrogens with zero attached hydrogens (tertiary/aromatic N) is 3. The number of rotatable bonds is 5. The first kappa shape index (κ1) is 21.8. The van der Waals surface area contributed by atoms with Crippen LogP contribution in [-0.4, -0.2) is 25.0 Å². The van der Waals surface area contributed by atoms with Gasteiger partial charge in [-0.25, -0.2) is 9.89 Å². The molecule has 2 N–H and O–H groups in total. The summed E-state index contributed by atoms with van der Waals surface area (Å²) in [5.41, 5.74) is -0.648. The highest BCUT2D eigenvalue weighted by atomic mass is 35.5. The van der Waals surface area contributed by atoms with Crippen molar-refractivity contribution >= 4 is 23.2 Å². The first-order valence-corrected chi connectivity index (χ1v) is 9.84. The van der Waals surface area contributed by atoms with E-state index >= 15 is 0 Å². The molecule has 9 nitrogen and oxygen atoms in total. The predicted molar refractivity (Wildman–Crippen MR) is 114 cm³/mol. The van der Waals surface area contributed by atoms with Crippen LogP contribution in [0.25, 0.3) is 5.69 Å². The minimum Gasteiger partial charge on any atom is -0.434 e. The Morgan fingerprint density at radius 2 is 1.60 bits per heavy atom. The van der Waals surface area contributed by atoms with E-state index in [0.29, 0.717) is 5.56 Å². The van der Waals surface area contributed by atoms with E-state index in [1.165, 1.54) is 18.2 Å². The van der Waals surface area contributed by atoms with Crippen LogP contribution in [0.3, 0.4) is 0 Å². The van der Waals surface area contributed by atoms with Crippen molar-refractivity contribution in [2.24, 2.45) is 0 Å². The lowest BCUT2D eigenvalue weighted by Gasteiger charge is -2.13. The lowest BCUT2D eigenvalue weighted by Crippen LogP contribution is -2.34. The minimum atomic E-state index is -0.728. The molecule has 2 aromatic heterocycles. The van der Waals surface area contributed by atoms with Crippen LogP contribution in [-0.2, 0) is 0 Å². The van der Waals surface area contributed by atoms with Gasteiger partial charge >= 0.3 is 5.69 Å². The molecular weight excluding hydrogens is 433 g/mol. The van der Waals surface area contributed by atoms with Crippen LogP contribution in [0.4, 0.5) is 0 Å². The van der Waals surface area contributed by atoms with Crippen molar-refractivity contribution in [2.45, 2.75) is 39.5 Å². The second kappa shape index (κ2) is 8.45. The Morgan fingerprint density at radius 3 is 2.17 bits per heavy atom. The highest BCUT2D eigenvalue weighted by molar-refractivity contribution is 6.37. The van der Waals surface area contributed by atoms with E-state index in [0.717, 1.165) is 4.68 Å². The number of halogens is 2. The topological polar surface area (TPSA) is 123 Å². The Bertz CT molecular complexity index is 1250. The zero-order valence-corrected chi connectivity index (χ0v) is 18.1. The molecule has 0 saturated carbocycles. The summed E-state index contributed by atoms with van der Waals surface area (Å²) in [5, 5.41) is 10.5. The summed E-state index contributed by atoms with van der Waals surface area (Å²) in [6, 6.07) is 4.36. The van der Waals surface area contributed by atoms with Gasteiger partial charge in [-0.05, 0) is 18.1 Å². The first-order chi connectivity index (χ1) is 14.1. The molecule has 3 rings (SSSR count). The van der Waals surface area contributed by atoms with Gasteiger partial charge in [-0.2, -0.15) is 9.78 Å². The summed E-state index contributed by atoms with van der Waals surface area (Å²) in [7, 11) is 0. The van der Waals surface area contributed by atoms with Gasteiger partial charge in [0.25, 0.3) is 11.1 Å². The number of hydrogen-bond acceptors (Lipinski definition) is 6. The van der Waals surface area contributed by atoms with Gasteiger partial charge in [0.2, 0.25) is 5.88 Å². The molecule has 2 heterocycles. The molecule has 0 aliphatic heterocycles. The predicted octanol–water partition coefficient (Wildman–Crippen LogP) is 3.35. The molecular formula is C19H19Cl2N5O4. The van der Waals surface area contributed by atoms with E-state index in [1.54, 1.807) is 13.8 Å². The third-order valence-corrected chi connectivity index (χ3v) is 4.83. The van der Waals surface area contributed by atoms with Crippen LogP contribution in [0.2, 0.25) is 10.0 Å². The molecule has 0 bridgehead atoms. The number of H-pyrrole nitrogens is 2. The SMILES string of the molecule is CC(C)c1cc(Oc2c(Cl)cc(-n3nc(C(C)C)c(=O)[nH]c3=O)cc2Cl)n[nH]c1=O. The van der Waals surface area contributed by atoms with Crippen molar-refractivity contribution in [3.8, 4) is 17.3 Å². The van der Waals surface area contributed by atoms with Gasteiger partial charge in [0.1, 0.15) is 5.69 Å². The smallest absolute Gasteiger partial charge is 0.349 e. The van der Waals surface area contributed by atoms with Gasteiger partial charge < -0.3 is 4.74 Å². The molecule has 30 heavy (non-hydrogen) atoms. The number of aromatic nitrogens is 5. The van der Waals surface area contributed by atoms with Gasteiger partial charge in [-0.3, -0.25) is 14.6 Å². The molecule has 0 saturated heterocycles. The molecule has 0 aliphatic rings. The number of hydrogen-bond donors (Lipinski definition) is 2. The fraction of sp³-hybridized carbons (Fsp3) is 0.316. The molecule has 1 aromatic carbocycles. The molecule has 0 spiro atoms. The minimum absolute atomic E-state index is 0.0410.